The molecule has 3 N–H and O–H groups in total. The molecule has 14 heavy (non-hydrogen) atoms. The summed E-state index contributed by atoms with van der Waals surface area (Å²) in [5.41, 5.74) is 5.34. The van der Waals surface area contributed by atoms with Gasteiger partial charge in [0.2, 0.25) is 5.91 Å². The minimum Gasteiger partial charge on any atom is -0.364 e. The lowest BCUT2D eigenvalue weighted by molar-refractivity contribution is -0.128. The number of amides is 2. The first kappa shape index (κ1) is 10.8. The monoisotopic (exact) mass is 196 g/mol. The second-order valence-electron chi connectivity index (χ2n) is 3.51. The van der Waals surface area contributed by atoms with Crippen LogP contribution in [0.1, 0.15) is 32.6 Å². The number of nitrogens with two attached hydrogens (primary N) is 1. The fourth-order valence-corrected chi connectivity index (χ4v) is 1.32. The molecule has 4 nitrogen and oxygen atoms in total. The van der Waals surface area contributed by atoms with E-state index in [-0.39, 0.29) is 17.5 Å². The van der Waals surface area contributed by atoms with Crippen LogP contribution in [0.25, 0.3) is 0 Å². The fraction of sp³-hybridized carbons (Fsp3) is 0.600. The molecule has 0 saturated heterocycles. The average molecular weight is 196 g/mol. The van der Waals surface area contributed by atoms with Crippen molar-refractivity contribution < 1.29 is 9.59 Å². The van der Waals surface area contributed by atoms with Gasteiger partial charge in [-0.1, -0.05) is 19.4 Å². The molecule has 1 aliphatic rings. The molecule has 0 heterocycles. The van der Waals surface area contributed by atoms with Crippen molar-refractivity contribution in [1.29, 1.82) is 0 Å². The van der Waals surface area contributed by atoms with Crippen LogP contribution in [0.2, 0.25) is 0 Å². The van der Waals surface area contributed by atoms with Crippen molar-refractivity contribution in [2.24, 2.45) is 11.7 Å². The number of carbonyl (C=O) groups is 2. The van der Waals surface area contributed by atoms with Gasteiger partial charge in [0.1, 0.15) is 5.70 Å². The van der Waals surface area contributed by atoms with Crippen LogP contribution in [0.3, 0.4) is 0 Å². The van der Waals surface area contributed by atoms with Gasteiger partial charge in [-0.25, -0.2) is 0 Å². The number of allylic oxidation sites excluding steroid dienone is 1. The smallest absolute Gasteiger partial charge is 0.264 e. The largest absolute Gasteiger partial charge is 0.364 e. The lowest BCUT2D eigenvalue weighted by Gasteiger charge is -2.24. The maximum absolute atomic E-state index is 11.5. The SMILES string of the molecule is CC/C=C(/NC(=O)C1CCC1)C(N)=O. The zero-order valence-electron chi connectivity index (χ0n) is 8.38. The highest BCUT2D eigenvalue weighted by atomic mass is 16.2. The van der Waals surface area contributed by atoms with Crippen LogP contribution in [0.5, 0.6) is 0 Å². The van der Waals surface area contributed by atoms with Crippen LogP contribution < -0.4 is 11.1 Å². The standard InChI is InChI=1S/C10H16N2O2/c1-2-4-8(9(11)13)12-10(14)7-5-3-6-7/h4,7H,2-3,5-6H2,1H3,(H2,11,13)(H,12,14)/b8-4+. The van der Waals surface area contributed by atoms with Gasteiger partial charge in [-0.05, 0) is 19.3 Å². The summed E-state index contributed by atoms with van der Waals surface area (Å²) in [6, 6.07) is 0. The van der Waals surface area contributed by atoms with Crippen LogP contribution in [0, 0.1) is 5.92 Å². The number of carbonyl (C=O) groups excluding carboxylic acids is 2. The Morgan fingerprint density at radius 3 is 2.50 bits per heavy atom. The molecule has 0 atom stereocenters. The van der Waals surface area contributed by atoms with Crippen molar-refractivity contribution >= 4 is 11.8 Å². The number of hydrogen-bond acceptors (Lipinski definition) is 2. The molecule has 1 aliphatic carbocycles. The van der Waals surface area contributed by atoms with E-state index in [1.807, 2.05) is 6.92 Å². The van der Waals surface area contributed by atoms with E-state index in [9.17, 15) is 9.59 Å². The highest BCUT2D eigenvalue weighted by Gasteiger charge is 2.26. The van der Waals surface area contributed by atoms with Gasteiger partial charge in [-0.15, -0.1) is 0 Å². The molecule has 0 aliphatic heterocycles. The summed E-state index contributed by atoms with van der Waals surface area (Å²) >= 11 is 0. The number of nitrogens with one attached hydrogen (secondary N) is 1. The van der Waals surface area contributed by atoms with Crippen molar-refractivity contribution in [3.63, 3.8) is 0 Å². The van der Waals surface area contributed by atoms with Crippen LogP contribution in [0.15, 0.2) is 11.8 Å². The second-order valence-corrected chi connectivity index (χ2v) is 3.51. The maximum atomic E-state index is 11.5. The number of rotatable bonds is 4. The predicted molar refractivity (Wildman–Crippen MR) is 53.1 cm³/mol. The topological polar surface area (TPSA) is 72.2 Å². The summed E-state index contributed by atoms with van der Waals surface area (Å²) in [5, 5.41) is 2.57. The first-order valence-electron chi connectivity index (χ1n) is 4.96. The van der Waals surface area contributed by atoms with Crippen molar-refractivity contribution in [3.8, 4) is 0 Å². The number of hydrogen-bond donors (Lipinski definition) is 2. The van der Waals surface area contributed by atoms with Gasteiger partial charge in [0, 0.05) is 5.92 Å². The Balaban J connectivity index is 2.50. The molecule has 0 radical (unpaired) electrons. The zero-order valence-corrected chi connectivity index (χ0v) is 8.38. The minimum absolute atomic E-state index is 0.0743. The van der Waals surface area contributed by atoms with Crippen LogP contribution >= 0.6 is 0 Å². The second kappa shape index (κ2) is 4.79. The Bertz CT molecular complexity index is 267. The van der Waals surface area contributed by atoms with Crippen molar-refractivity contribution in [1.82, 2.24) is 5.32 Å². The third-order valence-electron chi connectivity index (χ3n) is 2.41. The van der Waals surface area contributed by atoms with E-state index in [2.05, 4.69) is 5.32 Å². The quantitative estimate of drug-likeness (QED) is 0.649. The van der Waals surface area contributed by atoms with Crippen molar-refractivity contribution in [2.75, 3.05) is 0 Å². The molecular formula is C10H16N2O2. The molecule has 78 valence electrons. The molecule has 0 aromatic heterocycles. The summed E-state index contributed by atoms with van der Waals surface area (Å²) in [4.78, 5) is 22.3. The Morgan fingerprint density at radius 2 is 2.14 bits per heavy atom. The average Bonchev–Trinajstić information content (AvgIpc) is 1.99. The summed E-state index contributed by atoms with van der Waals surface area (Å²) in [6.45, 7) is 1.89. The molecule has 0 unspecified atom stereocenters. The van der Waals surface area contributed by atoms with E-state index < -0.39 is 5.91 Å². The third-order valence-corrected chi connectivity index (χ3v) is 2.41. The molecule has 1 saturated carbocycles. The molecule has 1 rings (SSSR count). The van der Waals surface area contributed by atoms with E-state index in [0.29, 0.717) is 6.42 Å². The fourth-order valence-electron chi connectivity index (χ4n) is 1.32. The van der Waals surface area contributed by atoms with Gasteiger partial charge in [-0.2, -0.15) is 0 Å². The molecule has 0 spiro atoms. The highest BCUT2D eigenvalue weighted by Crippen LogP contribution is 2.26. The molecule has 0 bridgehead atoms. The third kappa shape index (κ3) is 2.58. The molecule has 1 fully saturated rings. The highest BCUT2D eigenvalue weighted by molar-refractivity contribution is 5.96. The molecule has 0 aromatic carbocycles. The van der Waals surface area contributed by atoms with Crippen LogP contribution in [0.4, 0.5) is 0 Å². The van der Waals surface area contributed by atoms with E-state index in [1.54, 1.807) is 6.08 Å². The lowest BCUT2D eigenvalue weighted by Crippen LogP contribution is -2.37. The van der Waals surface area contributed by atoms with E-state index in [1.165, 1.54) is 0 Å². The van der Waals surface area contributed by atoms with Gasteiger partial charge in [-0.3, -0.25) is 9.59 Å². The minimum atomic E-state index is -0.570. The first-order chi connectivity index (χ1) is 6.65. The first-order valence-corrected chi connectivity index (χ1v) is 4.96. The Hall–Kier alpha value is -1.32. The summed E-state index contributed by atoms with van der Waals surface area (Å²) in [7, 11) is 0. The predicted octanol–water partition coefficient (Wildman–Crippen LogP) is 0.682. The van der Waals surface area contributed by atoms with Crippen molar-refractivity contribution in [3.05, 3.63) is 11.8 Å². The van der Waals surface area contributed by atoms with Gasteiger partial charge in [0.05, 0.1) is 0 Å². The summed E-state index contributed by atoms with van der Waals surface area (Å²) < 4.78 is 0. The molecular weight excluding hydrogens is 180 g/mol. The molecule has 0 aromatic rings. The Morgan fingerprint density at radius 1 is 1.50 bits per heavy atom. The van der Waals surface area contributed by atoms with E-state index in [4.69, 9.17) is 5.73 Å². The van der Waals surface area contributed by atoms with Gasteiger partial charge in [0.25, 0.3) is 5.91 Å². The summed E-state index contributed by atoms with van der Waals surface area (Å²) in [6.07, 6.45) is 5.26. The van der Waals surface area contributed by atoms with E-state index in [0.717, 1.165) is 19.3 Å². The Kier molecular flexibility index (Phi) is 3.68. The van der Waals surface area contributed by atoms with Crippen LogP contribution in [-0.2, 0) is 9.59 Å². The zero-order chi connectivity index (χ0) is 10.6. The van der Waals surface area contributed by atoms with Gasteiger partial charge >= 0.3 is 0 Å². The van der Waals surface area contributed by atoms with Crippen LogP contribution in [-0.4, -0.2) is 11.8 Å². The molecule has 4 heteroatoms. The lowest BCUT2D eigenvalue weighted by atomic mass is 9.85. The van der Waals surface area contributed by atoms with Gasteiger partial charge in [0.15, 0.2) is 0 Å². The molecule has 2 amide bonds. The number of primary amides is 1. The van der Waals surface area contributed by atoms with Gasteiger partial charge < -0.3 is 11.1 Å². The Labute approximate surface area is 83.5 Å². The van der Waals surface area contributed by atoms with E-state index >= 15 is 0 Å². The maximum Gasteiger partial charge on any atom is 0.264 e. The van der Waals surface area contributed by atoms with Crippen molar-refractivity contribution in [2.45, 2.75) is 32.6 Å². The normalized spacial score (nSPS) is 17.4. The summed E-state index contributed by atoms with van der Waals surface area (Å²) in [5.74, 6) is -0.566.